The van der Waals surface area contributed by atoms with Gasteiger partial charge in [-0.25, -0.2) is 9.69 Å². The average molecular weight is 492 g/mol. The van der Waals surface area contributed by atoms with Gasteiger partial charge in [-0.1, -0.05) is 29.3 Å². The Hall–Kier alpha value is -3.56. The summed E-state index contributed by atoms with van der Waals surface area (Å²) in [4.78, 5) is 49.8. The fraction of sp³-hybridized carbons (Fsp3) is 0.182. The van der Waals surface area contributed by atoms with Crippen LogP contribution in [0, 0.1) is 6.92 Å². The number of ether oxygens (including phenoxy) is 2. The van der Waals surface area contributed by atoms with E-state index in [1.54, 1.807) is 26.0 Å². The lowest BCUT2D eigenvalue weighted by Gasteiger charge is -2.26. The Bertz CT molecular complexity index is 1190. The summed E-state index contributed by atoms with van der Waals surface area (Å²) in [5, 5.41) is 2.56. The molecule has 1 heterocycles. The van der Waals surface area contributed by atoms with Crippen LogP contribution in [-0.2, 0) is 14.4 Å². The van der Waals surface area contributed by atoms with E-state index in [4.69, 9.17) is 38.4 Å². The summed E-state index contributed by atoms with van der Waals surface area (Å²) in [5.74, 6) is -2.15. The number of amides is 5. The Labute approximate surface area is 199 Å². The number of nitrogens with one attached hydrogen (secondary N) is 1. The number of imide groups is 2. The van der Waals surface area contributed by atoms with Crippen molar-refractivity contribution < 1.29 is 28.7 Å². The van der Waals surface area contributed by atoms with Crippen LogP contribution < -0.4 is 25.4 Å². The number of aryl methyl sites for hydroxylation is 1. The second-order valence-electron chi connectivity index (χ2n) is 6.91. The van der Waals surface area contributed by atoms with Crippen molar-refractivity contribution in [2.45, 2.75) is 13.8 Å². The number of urea groups is 1. The van der Waals surface area contributed by atoms with Crippen molar-refractivity contribution in [3.8, 4) is 11.5 Å². The highest BCUT2D eigenvalue weighted by molar-refractivity contribution is 6.39. The van der Waals surface area contributed by atoms with E-state index < -0.39 is 30.4 Å². The fourth-order valence-electron chi connectivity index (χ4n) is 3.00. The van der Waals surface area contributed by atoms with Gasteiger partial charge in [-0.2, -0.15) is 0 Å². The third-order valence-electron chi connectivity index (χ3n) is 4.52. The first-order valence-electron chi connectivity index (χ1n) is 9.67. The van der Waals surface area contributed by atoms with Crippen molar-refractivity contribution in [3.05, 3.63) is 57.1 Å². The zero-order valence-electron chi connectivity index (χ0n) is 17.6. The number of benzene rings is 2. The Morgan fingerprint density at radius 3 is 2.48 bits per heavy atom. The number of anilines is 1. The summed E-state index contributed by atoms with van der Waals surface area (Å²) >= 11 is 12.4. The standard InChI is InChI=1S/C22H19Cl2N3O6/c1-3-32-17-8-12(7-16(24)19(17)33-10-18(25)28)6-14-20(29)26-22(31)27(21(14)30)13-5-4-11(2)15(23)9-13/h4-9H,3,10H2,1-2H3,(H2,25,28)(H,26,29,31)/b14-6+. The number of primary amides is 1. The molecule has 5 amide bonds. The quantitative estimate of drug-likeness (QED) is 0.451. The van der Waals surface area contributed by atoms with Gasteiger partial charge < -0.3 is 15.2 Å². The maximum Gasteiger partial charge on any atom is 0.335 e. The number of hydrogen-bond donors (Lipinski definition) is 2. The van der Waals surface area contributed by atoms with Crippen molar-refractivity contribution in [2.24, 2.45) is 5.73 Å². The lowest BCUT2D eigenvalue weighted by atomic mass is 10.1. The maximum atomic E-state index is 13.1. The Morgan fingerprint density at radius 2 is 1.85 bits per heavy atom. The minimum atomic E-state index is -0.898. The first kappa shape index (κ1) is 24.1. The van der Waals surface area contributed by atoms with Gasteiger partial charge in [0.25, 0.3) is 17.7 Å². The number of nitrogens with zero attached hydrogens (tertiary/aromatic N) is 1. The number of rotatable bonds is 7. The van der Waals surface area contributed by atoms with Crippen LogP contribution in [0.25, 0.3) is 6.08 Å². The lowest BCUT2D eigenvalue weighted by Crippen LogP contribution is -2.54. The first-order valence-corrected chi connectivity index (χ1v) is 10.4. The molecule has 172 valence electrons. The van der Waals surface area contributed by atoms with E-state index in [1.807, 2.05) is 0 Å². The van der Waals surface area contributed by atoms with Gasteiger partial charge in [-0.05, 0) is 55.3 Å². The van der Waals surface area contributed by atoms with E-state index in [1.165, 1.54) is 24.3 Å². The lowest BCUT2D eigenvalue weighted by molar-refractivity contribution is -0.123. The van der Waals surface area contributed by atoms with Gasteiger partial charge in [0.1, 0.15) is 5.57 Å². The molecule has 0 aliphatic carbocycles. The van der Waals surface area contributed by atoms with Gasteiger partial charge in [-0.15, -0.1) is 0 Å². The normalized spacial score (nSPS) is 15.0. The molecular weight excluding hydrogens is 473 g/mol. The number of barbiturate groups is 1. The minimum absolute atomic E-state index is 0.0657. The van der Waals surface area contributed by atoms with Gasteiger partial charge in [0.15, 0.2) is 18.1 Å². The summed E-state index contributed by atoms with van der Waals surface area (Å²) in [6, 6.07) is 6.64. The van der Waals surface area contributed by atoms with Crippen LogP contribution in [0.1, 0.15) is 18.1 Å². The summed E-state index contributed by atoms with van der Waals surface area (Å²) in [6.07, 6.45) is 1.26. The van der Waals surface area contributed by atoms with Gasteiger partial charge >= 0.3 is 6.03 Å². The molecule has 1 aliphatic heterocycles. The molecule has 3 N–H and O–H groups in total. The van der Waals surface area contributed by atoms with Crippen molar-refractivity contribution >= 4 is 58.7 Å². The molecule has 0 unspecified atom stereocenters. The van der Waals surface area contributed by atoms with Crippen LogP contribution in [-0.4, -0.2) is 37.0 Å². The predicted octanol–water partition coefficient (Wildman–Crippen LogP) is 3.23. The van der Waals surface area contributed by atoms with Crippen LogP contribution in [0.3, 0.4) is 0 Å². The van der Waals surface area contributed by atoms with Gasteiger partial charge in [0, 0.05) is 5.02 Å². The molecule has 0 saturated carbocycles. The topological polar surface area (TPSA) is 128 Å². The van der Waals surface area contributed by atoms with Crippen LogP contribution in [0.15, 0.2) is 35.9 Å². The zero-order chi connectivity index (χ0) is 24.3. The van der Waals surface area contributed by atoms with E-state index >= 15 is 0 Å². The largest absolute Gasteiger partial charge is 0.490 e. The molecule has 0 spiro atoms. The third kappa shape index (κ3) is 5.27. The molecule has 3 rings (SSSR count). The van der Waals surface area contributed by atoms with E-state index in [0.29, 0.717) is 10.6 Å². The molecule has 9 nitrogen and oxygen atoms in total. The van der Waals surface area contributed by atoms with Gasteiger partial charge in [0.2, 0.25) is 0 Å². The highest BCUT2D eigenvalue weighted by Crippen LogP contribution is 2.37. The zero-order valence-corrected chi connectivity index (χ0v) is 19.1. The third-order valence-corrected chi connectivity index (χ3v) is 5.20. The molecule has 2 aromatic rings. The van der Waals surface area contributed by atoms with Crippen molar-refractivity contribution in [1.82, 2.24) is 5.32 Å². The molecule has 1 fully saturated rings. The van der Waals surface area contributed by atoms with Crippen LogP contribution >= 0.6 is 23.2 Å². The summed E-state index contributed by atoms with van der Waals surface area (Å²) in [5.41, 5.74) is 6.08. The fourth-order valence-corrected chi connectivity index (χ4v) is 3.45. The average Bonchev–Trinajstić information content (AvgIpc) is 2.73. The minimum Gasteiger partial charge on any atom is -0.490 e. The monoisotopic (exact) mass is 491 g/mol. The summed E-state index contributed by atoms with van der Waals surface area (Å²) in [6.45, 7) is 3.33. The molecule has 2 aromatic carbocycles. The molecule has 0 atom stereocenters. The Kier molecular flexibility index (Phi) is 7.25. The predicted molar refractivity (Wildman–Crippen MR) is 123 cm³/mol. The maximum absolute atomic E-state index is 13.1. The molecular formula is C22H19Cl2N3O6. The second kappa shape index (κ2) is 9.93. The number of carbonyl (C=O) groups excluding carboxylic acids is 4. The second-order valence-corrected chi connectivity index (χ2v) is 7.72. The van der Waals surface area contributed by atoms with E-state index in [0.717, 1.165) is 10.5 Å². The smallest absolute Gasteiger partial charge is 0.335 e. The van der Waals surface area contributed by atoms with Crippen molar-refractivity contribution in [3.63, 3.8) is 0 Å². The number of carbonyl (C=O) groups is 4. The summed E-state index contributed by atoms with van der Waals surface area (Å²) in [7, 11) is 0. The van der Waals surface area contributed by atoms with E-state index in [2.05, 4.69) is 5.32 Å². The highest BCUT2D eigenvalue weighted by atomic mass is 35.5. The van der Waals surface area contributed by atoms with Crippen LogP contribution in [0.4, 0.5) is 10.5 Å². The molecule has 0 radical (unpaired) electrons. The Morgan fingerprint density at radius 1 is 1.12 bits per heavy atom. The number of halogens is 2. The molecule has 11 heteroatoms. The number of hydrogen-bond acceptors (Lipinski definition) is 6. The molecule has 1 aliphatic rings. The molecule has 0 aromatic heterocycles. The molecule has 0 bridgehead atoms. The van der Waals surface area contributed by atoms with E-state index in [9.17, 15) is 19.2 Å². The molecule has 1 saturated heterocycles. The highest BCUT2D eigenvalue weighted by Gasteiger charge is 2.37. The number of nitrogens with two attached hydrogens (primary N) is 1. The van der Waals surface area contributed by atoms with Crippen molar-refractivity contribution in [2.75, 3.05) is 18.1 Å². The molecule has 33 heavy (non-hydrogen) atoms. The Balaban J connectivity index is 2.02. The van der Waals surface area contributed by atoms with Crippen LogP contribution in [0.5, 0.6) is 11.5 Å². The van der Waals surface area contributed by atoms with Crippen LogP contribution in [0.2, 0.25) is 10.0 Å². The first-order chi connectivity index (χ1) is 15.6. The summed E-state index contributed by atoms with van der Waals surface area (Å²) < 4.78 is 10.8. The van der Waals surface area contributed by atoms with E-state index in [-0.39, 0.29) is 34.4 Å². The SMILES string of the molecule is CCOc1cc(/C=C2\C(=O)NC(=O)N(c3ccc(C)c(Cl)c3)C2=O)cc(Cl)c1OCC(N)=O. The van der Waals surface area contributed by atoms with Gasteiger partial charge in [-0.3, -0.25) is 19.7 Å². The van der Waals surface area contributed by atoms with Gasteiger partial charge in [0.05, 0.1) is 17.3 Å². The van der Waals surface area contributed by atoms with Crippen molar-refractivity contribution in [1.29, 1.82) is 0 Å².